The van der Waals surface area contributed by atoms with Gasteiger partial charge in [-0.25, -0.2) is 14.0 Å². The standard InChI is InChI=1S/C15H22N4O3S/c1-17(2)11-18(3)13-10-12(16-15(20)21)4-5-14(13)23-19-6-8-22-9-7-19/h4-5,10-11,16H,6-9H2,1-3H3/p+1. The number of carbonyl (C=O) groups is 1. The highest BCUT2D eigenvalue weighted by Gasteiger charge is 2.19. The average Bonchev–Trinajstić information content (AvgIpc) is 2.48. The van der Waals surface area contributed by atoms with Gasteiger partial charge in [0.1, 0.15) is 5.69 Å². The van der Waals surface area contributed by atoms with E-state index in [9.17, 15) is 4.79 Å². The fourth-order valence-electron chi connectivity index (χ4n) is 2.26. The third kappa shape index (κ3) is 5.42. The van der Waals surface area contributed by atoms with Gasteiger partial charge >= 0.3 is 6.09 Å². The molecule has 0 radical (unpaired) electrons. The van der Waals surface area contributed by atoms with Crippen LogP contribution in [0.5, 0.6) is 0 Å². The predicted molar refractivity (Wildman–Crippen MR) is 92.9 cm³/mol. The van der Waals surface area contributed by atoms with Gasteiger partial charge in [-0.2, -0.15) is 0 Å². The molecule has 0 aliphatic carbocycles. The molecule has 0 spiro atoms. The Bertz CT molecular complexity index is 584. The molecule has 2 N–H and O–H groups in total. The van der Waals surface area contributed by atoms with Crippen molar-refractivity contribution in [1.29, 1.82) is 0 Å². The van der Waals surface area contributed by atoms with Gasteiger partial charge in [0.25, 0.3) is 0 Å². The summed E-state index contributed by atoms with van der Waals surface area (Å²) in [4.78, 5) is 13.9. The molecule has 1 fully saturated rings. The second kappa shape index (κ2) is 8.19. The Morgan fingerprint density at radius 2 is 2.13 bits per heavy atom. The van der Waals surface area contributed by atoms with E-state index in [1.165, 1.54) is 0 Å². The molecule has 7 nitrogen and oxygen atoms in total. The van der Waals surface area contributed by atoms with Crippen molar-refractivity contribution in [3.05, 3.63) is 18.2 Å². The summed E-state index contributed by atoms with van der Waals surface area (Å²) >= 11 is 1.67. The maximum absolute atomic E-state index is 10.9. The van der Waals surface area contributed by atoms with Crippen molar-refractivity contribution in [2.75, 3.05) is 57.7 Å². The molecule has 1 aliphatic heterocycles. The third-order valence-electron chi connectivity index (χ3n) is 3.19. The summed E-state index contributed by atoms with van der Waals surface area (Å²) in [6, 6.07) is 5.57. The molecule has 1 aromatic rings. The van der Waals surface area contributed by atoms with Gasteiger partial charge in [0.15, 0.2) is 0 Å². The van der Waals surface area contributed by atoms with Crippen molar-refractivity contribution in [3.8, 4) is 0 Å². The molecule has 0 bridgehead atoms. The Kier molecular flexibility index (Phi) is 6.26. The molecule has 23 heavy (non-hydrogen) atoms. The third-order valence-corrected chi connectivity index (χ3v) is 4.36. The summed E-state index contributed by atoms with van der Waals surface area (Å²) in [7, 11) is 5.85. The summed E-state index contributed by atoms with van der Waals surface area (Å²) in [6.45, 7) is 3.22. The van der Waals surface area contributed by atoms with Gasteiger partial charge in [0.05, 0.1) is 39.3 Å². The van der Waals surface area contributed by atoms with Crippen molar-refractivity contribution in [2.45, 2.75) is 4.90 Å². The van der Waals surface area contributed by atoms with Crippen molar-refractivity contribution >= 4 is 35.8 Å². The maximum Gasteiger partial charge on any atom is 0.409 e. The molecule has 8 heteroatoms. The van der Waals surface area contributed by atoms with Crippen LogP contribution in [0.15, 0.2) is 23.1 Å². The minimum atomic E-state index is -1.07. The molecule has 1 saturated heterocycles. The van der Waals surface area contributed by atoms with Crippen LogP contribution in [0.3, 0.4) is 0 Å². The number of morpholine rings is 1. The van der Waals surface area contributed by atoms with E-state index in [2.05, 4.69) is 9.62 Å². The number of amides is 1. The summed E-state index contributed by atoms with van der Waals surface area (Å²) in [5.74, 6) is 0. The van der Waals surface area contributed by atoms with E-state index in [1.807, 2.05) is 49.1 Å². The fourth-order valence-corrected chi connectivity index (χ4v) is 3.29. The summed E-state index contributed by atoms with van der Waals surface area (Å²) in [5, 5.41) is 11.3. The zero-order chi connectivity index (χ0) is 16.8. The summed E-state index contributed by atoms with van der Waals surface area (Å²) in [6.07, 6.45) is 0.882. The summed E-state index contributed by atoms with van der Waals surface area (Å²) in [5.41, 5.74) is 1.50. The van der Waals surface area contributed by atoms with Gasteiger partial charge < -0.3 is 9.84 Å². The molecule has 126 valence electrons. The monoisotopic (exact) mass is 339 g/mol. The Morgan fingerprint density at radius 1 is 1.43 bits per heavy atom. The zero-order valence-corrected chi connectivity index (χ0v) is 14.5. The Balaban J connectivity index is 2.27. The lowest BCUT2D eigenvalue weighted by Gasteiger charge is -2.26. The average molecular weight is 339 g/mol. The molecule has 0 aromatic heterocycles. The predicted octanol–water partition coefficient (Wildman–Crippen LogP) is 1.85. The number of nitrogens with one attached hydrogen (secondary N) is 1. The second-order valence-corrected chi connectivity index (χ2v) is 6.57. The fraction of sp³-hybridized carbons (Fsp3) is 0.467. The molecule has 0 saturated carbocycles. The first-order valence-corrected chi connectivity index (χ1v) is 8.12. The normalized spacial score (nSPS) is 15.1. The van der Waals surface area contributed by atoms with Crippen molar-refractivity contribution < 1.29 is 19.2 Å². The van der Waals surface area contributed by atoms with Gasteiger partial charge in [-0.3, -0.25) is 9.89 Å². The minimum Gasteiger partial charge on any atom is -0.465 e. The zero-order valence-electron chi connectivity index (χ0n) is 13.7. The quantitative estimate of drug-likeness (QED) is 0.369. The van der Waals surface area contributed by atoms with E-state index >= 15 is 0 Å². The van der Waals surface area contributed by atoms with Crippen molar-refractivity contribution in [2.24, 2.45) is 0 Å². The highest BCUT2D eigenvalue weighted by molar-refractivity contribution is 7.97. The van der Waals surface area contributed by atoms with Gasteiger partial charge in [0, 0.05) is 24.8 Å². The number of anilines is 2. The highest BCUT2D eigenvalue weighted by Crippen LogP contribution is 2.34. The first-order valence-electron chi connectivity index (χ1n) is 7.34. The molecular weight excluding hydrogens is 316 g/mol. The van der Waals surface area contributed by atoms with E-state index < -0.39 is 6.09 Å². The van der Waals surface area contributed by atoms with Crippen LogP contribution < -0.4 is 10.2 Å². The van der Waals surface area contributed by atoms with Gasteiger partial charge in [-0.1, -0.05) is 0 Å². The SMILES string of the molecule is CN(C=[N+](C)C)c1cc(NC(=O)O)ccc1SN1CCOCC1. The van der Waals surface area contributed by atoms with Crippen LogP contribution in [0, 0.1) is 0 Å². The van der Waals surface area contributed by atoms with Crippen molar-refractivity contribution in [1.82, 2.24) is 4.31 Å². The van der Waals surface area contributed by atoms with Gasteiger partial charge in [-0.15, -0.1) is 0 Å². The minimum absolute atomic E-state index is 0.554. The topological polar surface area (TPSA) is 68.0 Å². The second-order valence-electron chi connectivity index (χ2n) is 5.44. The molecular formula is C15H23N4O3S+. The van der Waals surface area contributed by atoms with E-state index in [1.54, 1.807) is 18.0 Å². The molecule has 1 aromatic carbocycles. The van der Waals surface area contributed by atoms with Crippen LogP contribution in [-0.4, -0.2) is 73.9 Å². The van der Waals surface area contributed by atoms with E-state index in [4.69, 9.17) is 9.84 Å². The number of hydrogen-bond donors (Lipinski definition) is 2. The van der Waals surface area contributed by atoms with Crippen LogP contribution in [0.1, 0.15) is 0 Å². The van der Waals surface area contributed by atoms with Crippen LogP contribution in [-0.2, 0) is 4.74 Å². The van der Waals surface area contributed by atoms with Crippen LogP contribution in [0.2, 0.25) is 0 Å². The molecule has 0 atom stereocenters. The van der Waals surface area contributed by atoms with Crippen LogP contribution in [0.25, 0.3) is 0 Å². The lowest BCUT2D eigenvalue weighted by molar-refractivity contribution is -0.460. The number of benzene rings is 1. The lowest BCUT2D eigenvalue weighted by atomic mass is 10.2. The first kappa shape index (κ1) is 17.6. The number of ether oxygens (including phenoxy) is 1. The van der Waals surface area contributed by atoms with E-state index in [0.717, 1.165) is 36.9 Å². The molecule has 2 rings (SSSR count). The van der Waals surface area contributed by atoms with Gasteiger partial charge in [0.2, 0.25) is 6.34 Å². The van der Waals surface area contributed by atoms with Crippen LogP contribution >= 0.6 is 11.9 Å². The number of nitrogens with zero attached hydrogens (tertiary/aromatic N) is 3. The van der Waals surface area contributed by atoms with Crippen LogP contribution in [0.4, 0.5) is 16.2 Å². The molecule has 1 heterocycles. The number of rotatable bonds is 5. The Labute approximate surface area is 140 Å². The number of hydrogen-bond acceptors (Lipinski definition) is 4. The Morgan fingerprint density at radius 3 is 2.74 bits per heavy atom. The molecule has 0 unspecified atom stereocenters. The highest BCUT2D eigenvalue weighted by atomic mass is 32.2. The Hall–Kier alpha value is -1.77. The molecule has 1 aliphatic rings. The maximum atomic E-state index is 10.9. The largest absolute Gasteiger partial charge is 0.465 e. The smallest absolute Gasteiger partial charge is 0.409 e. The van der Waals surface area contributed by atoms with E-state index in [-0.39, 0.29) is 0 Å². The van der Waals surface area contributed by atoms with Crippen molar-refractivity contribution in [3.63, 3.8) is 0 Å². The molecule has 1 amide bonds. The first-order chi connectivity index (χ1) is 11.0. The number of carboxylic acid groups (broad SMARTS) is 1. The lowest BCUT2D eigenvalue weighted by Crippen LogP contribution is -2.31. The van der Waals surface area contributed by atoms with E-state index in [0.29, 0.717) is 5.69 Å². The summed E-state index contributed by atoms with van der Waals surface area (Å²) < 4.78 is 9.58. The van der Waals surface area contributed by atoms with Gasteiger partial charge in [-0.05, 0) is 24.1 Å².